The van der Waals surface area contributed by atoms with Crippen LogP contribution in [0.2, 0.25) is 0 Å². The van der Waals surface area contributed by atoms with Gasteiger partial charge in [-0.05, 0) is 49.5 Å². The summed E-state index contributed by atoms with van der Waals surface area (Å²) in [5.74, 6) is 2.51. The van der Waals surface area contributed by atoms with Gasteiger partial charge in [-0.3, -0.25) is 4.79 Å². The highest BCUT2D eigenvalue weighted by atomic mass is 16.5. The van der Waals surface area contributed by atoms with Gasteiger partial charge in [0, 0.05) is 12.0 Å². The van der Waals surface area contributed by atoms with Crippen molar-refractivity contribution in [3.8, 4) is 17.1 Å². The molecular weight excluding hydrogens is 420 g/mol. The van der Waals surface area contributed by atoms with Crippen LogP contribution < -0.4 is 4.74 Å². The Balaban J connectivity index is 1.42. The minimum atomic E-state index is -0.206. The lowest BCUT2D eigenvalue weighted by Crippen LogP contribution is -2.13. The van der Waals surface area contributed by atoms with Crippen LogP contribution in [0.3, 0.4) is 0 Å². The Morgan fingerprint density at radius 2 is 1.44 bits per heavy atom. The van der Waals surface area contributed by atoms with Crippen LogP contribution >= 0.6 is 0 Å². The second kappa shape index (κ2) is 14.9. The summed E-state index contributed by atoms with van der Waals surface area (Å²) in [4.78, 5) is 20.8. The van der Waals surface area contributed by atoms with Crippen LogP contribution in [-0.4, -0.2) is 15.9 Å². The lowest BCUT2D eigenvalue weighted by atomic mass is 9.77. The Hall–Kier alpha value is -2.23. The quantitative estimate of drug-likeness (QED) is 0.207. The SMILES string of the molecule is CCCCCCC[C@H]1CC[C@H](c2ccc(-c3ncc(OC(=O)CCCCCC)cn3)cc2)CC1. The third-order valence-corrected chi connectivity index (χ3v) is 7.30. The van der Waals surface area contributed by atoms with E-state index in [9.17, 15) is 4.79 Å². The molecular formula is C30H44N2O2. The number of hydrogen-bond acceptors (Lipinski definition) is 4. The first kappa shape index (κ1) is 26.4. The van der Waals surface area contributed by atoms with Gasteiger partial charge in [-0.2, -0.15) is 0 Å². The van der Waals surface area contributed by atoms with Gasteiger partial charge in [0.05, 0.1) is 12.4 Å². The van der Waals surface area contributed by atoms with Crippen molar-refractivity contribution in [2.24, 2.45) is 5.92 Å². The Kier molecular flexibility index (Phi) is 11.6. The summed E-state index contributed by atoms with van der Waals surface area (Å²) >= 11 is 0. The Labute approximate surface area is 206 Å². The van der Waals surface area contributed by atoms with Gasteiger partial charge in [0.1, 0.15) is 0 Å². The number of aromatic nitrogens is 2. The molecule has 0 N–H and O–H groups in total. The fourth-order valence-corrected chi connectivity index (χ4v) is 5.12. The van der Waals surface area contributed by atoms with E-state index < -0.39 is 0 Å². The smallest absolute Gasteiger partial charge is 0.311 e. The molecule has 0 atom stereocenters. The van der Waals surface area contributed by atoms with Gasteiger partial charge < -0.3 is 4.74 Å². The van der Waals surface area contributed by atoms with Crippen molar-refractivity contribution >= 4 is 5.97 Å². The number of carbonyl (C=O) groups excluding carboxylic acids is 1. The maximum Gasteiger partial charge on any atom is 0.311 e. The highest BCUT2D eigenvalue weighted by Gasteiger charge is 2.22. The van der Waals surface area contributed by atoms with Crippen LogP contribution in [0.4, 0.5) is 0 Å². The molecule has 1 aromatic heterocycles. The first-order chi connectivity index (χ1) is 16.7. The third-order valence-electron chi connectivity index (χ3n) is 7.30. The fourth-order valence-electron chi connectivity index (χ4n) is 5.12. The average Bonchev–Trinajstić information content (AvgIpc) is 2.87. The number of carbonyl (C=O) groups is 1. The first-order valence-corrected chi connectivity index (χ1v) is 13.8. The van der Waals surface area contributed by atoms with Gasteiger partial charge in [-0.1, -0.05) is 95.9 Å². The molecule has 1 fully saturated rings. The summed E-state index contributed by atoms with van der Waals surface area (Å²) in [7, 11) is 0. The number of nitrogens with zero attached hydrogens (tertiary/aromatic N) is 2. The highest BCUT2D eigenvalue weighted by molar-refractivity contribution is 5.72. The van der Waals surface area contributed by atoms with E-state index >= 15 is 0 Å². The van der Waals surface area contributed by atoms with Gasteiger partial charge in [-0.25, -0.2) is 9.97 Å². The minimum absolute atomic E-state index is 0.206. The highest BCUT2D eigenvalue weighted by Crippen LogP contribution is 2.38. The summed E-state index contributed by atoms with van der Waals surface area (Å²) < 4.78 is 5.37. The molecule has 0 bridgehead atoms. The van der Waals surface area contributed by atoms with E-state index in [0.29, 0.717) is 23.9 Å². The number of esters is 1. The zero-order valence-corrected chi connectivity index (χ0v) is 21.4. The Morgan fingerprint density at radius 1 is 0.824 bits per heavy atom. The second-order valence-corrected chi connectivity index (χ2v) is 10.1. The number of benzene rings is 1. The Morgan fingerprint density at radius 3 is 2.09 bits per heavy atom. The van der Waals surface area contributed by atoms with E-state index in [1.54, 1.807) is 12.4 Å². The van der Waals surface area contributed by atoms with Crippen LogP contribution in [0.1, 0.15) is 122 Å². The van der Waals surface area contributed by atoms with Crippen LogP contribution in [0.5, 0.6) is 5.75 Å². The summed E-state index contributed by atoms with van der Waals surface area (Å²) in [6, 6.07) is 8.76. The molecule has 0 spiro atoms. The molecule has 1 aliphatic rings. The first-order valence-electron chi connectivity index (χ1n) is 13.8. The molecule has 34 heavy (non-hydrogen) atoms. The standard InChI is InChI=1S/C30H44N2O2/c1-3-5-7-9-10-12-24-14-16-25(17-15-24)26-18-20-27(21-19-26)30-31-22-28(23-32-30)34-29(33)13-11-8-6-4-2/h18-25H,3-17H2,1-2H3/t24-,25-. The van der Waals surface area contributed by atoms with E-state index in [1.807, 2.05) is 0 Å². The van der Waals surface area contributed by atoms with Crippen molar-refractivity contribution in [2.75, 3.05) is 0 Å². The number of rotatable bonds is 14. The lowest BCUT2D eigenvalue weighted by Gasteiger charge is -2.29. The molecule has 1 aliphatic carbocycles. The predicted molar refractivity (Wildman–Crippen MR) is 140 cm³/mol. The van der Waals surface area contributed by atoms with Gasteiger partial charge in [0.15, 0.2) is 11.6 Å². The van der Waals surface area contributed by atoms with Crippen LogP contribution in [0, 0.1) is 5.92 Å². The molecule has 0 unspecified atom stereocenters. The zero-order chi connectivity index (χ0) is 24.0. The number of unbranched alkanes of at least 4 members (excludes halogenated alkanes) is 7. The number of hydrogen-bond donors (Lipinski definition) is 0. The minimum Gasteiger partial charge on any atom is -0.423 e. The van der Waals surface area contributed by atoms with Crippen molar-refractivity contribution in [3.05, 3.63) is 42.2 Å². The van der Waals surface area contributed by atoms with E-state index in [-0.39, 0.29) is 5.97 Å². The topological polar surface area (TPSA) is 52.1 Å². The molecule has 1 saturated carbocycles. The molecule has 1 heterocycles. The second-order valence-electron chi connectivity index (χ2n) is 10.1. The van der Waals surface area contributed by atoms with E-state index in [2.05, 4.69) is 48.1 Å². The largest absolute Gasteiger partial charge is 0.423 e. The normalized spacial score (nSPS) is 18.1. The summed E-state index contributed by atoms with van der Waals surface area (Å²) in [5, 5.41) is 0. The molecule has 0 amide bonds. The van der Waals surface area contributed by atoms with Crippen LogP contribution in [-0.2, 0) is 4.79 Å². The maximum atomic E-state index is 12.0. The molecule has 3 rings (SSSR count). The van der Waals surface area contributed by atoms with Crippen LogP contribution in [0.15, 0.2) is 36.7 Å². The van der Waals surface area contributed by atoms with Crippen molar-refractivity contribution in [1.82, 2.24) is 9.97 Å². The maximum absolute atomic E-state index is 12.0. The Bertz CT molecular complexity index is 824. The zero-order valence-electron chi connectivity index (χ0n) is 21.4. The predicted octanol–water partition coefficient (Wildman–Crippen LogP) is 8.65. The van der Waals surface area contributed by atoms with Crippen molar-refractivity contribution in [1.29, 1.82) is 0 Å². The molecule has 0 radical (unpaired) electrons. The summed E-state index contributed by atoms with van der Waals surface area (Å²) in [6.45, 7) is 4.44. The summed E-state index contributed by atoms with van der Waals surface area (Å²) in [6.07, 6.45) is 21.7. The van der Waals surface area contributed by atoms with Crippen molar-refractivity contribution in [3.63, 3.8) is 0 Å². The van der Waals surface area contributed by atoms with Crippen LogP contribution in [0.25, 0.3) is 11.4 Å². The van der Waals surface area contributed by atoms with Crippen molar-refractivity contribution in [2.45, 2.75) is 116 Å². The van der Waals surface area contributed by atoms with E-state index in [1.165, 1.54) is 69.8 Å². The van der Waals surface area contributed by atoms with Gasteiger partial charge in [0.2, 0.25) is 0 Å². The van der Waals surface area contributed by atoms with E-state index in [0.717, 1.165) is 37.2 Å². The van der Waals surface area contributed by atoms with E-state index in [4.69, 9.17) is 4.74 Å². The number of ether oxygens (including phenoxy) is 1. The fraction of sp³-hybridized carbons (Fsp3) is 0.633. The third kappa shape index (κ3) is 8.85. The molecule has 0 saturated heterocycles. The van der Waals surface area contributed by atoms with Gasteiger partial charge in [-0.15, -0.1) is 0 Å². The molecule has 186 valence electrons. The van der Waals surface area contributed by atoms with Gasteiger partial charge in [0.25, 0.3) is 0 Å². The van der Waals surface area contributed by atoms with Gasteiger partial charge >= 0.3 is 5.97 Å². The molecule has 1 aromatic carbocycles. The summed E-state index contributed by atoms with van der Waals surface area (Å²) in [5.41, 5.74) is 2.45. The monoisotopic (exact) mass is 464 g/mol. The molecule has 0 aliphatic heterocycles. The molecule has 2 aromatic rings. The molecule has 4 heteroatoms. The average molecular weight is 465 g/mol. The lowest BCUT2D eigenvalue weighted by molar-refractivity contribution is -0.134. The molecule has 4 nitrogen and oxygen atoms in total. The van der Waals surface area contributed by atoms with Crippen molar-refractivity contribution < 1.29 is 9.53 Å².